The average Bonchev–Trinajstić information content (AvgIpc) is 2.66. The molecule has 8 heteroatoms. The van der Waals surface area contributed by atoms with Gasteiger partial charge in [-0.1, -0.05) is 12.1 Å². The summed E-state index contributed by atoms with van der Waals surface area (Å²) in [7, 11) is 0. The second-order valence-electron chi connectivity index (χ2n) is 7.37. The number of benzene rings is 1. The third kappa shape index (κ3) is 4.41. The second kappa shape index (κ2) is 7.85. The highest BCUT2D eigenvalue weighted by atomic mass is 19.4. The maximum atomic E-state index is 12.9. The maximum absolute atomic E-state index is 12.9. The zero-order valence-electron chi connectivity index (χ0n) is 16.1. The average molecular weight is 406 g/mol. The van der Waals surface area contributed by atoms with Crippen molar-refractivity contribution in [1.29, 1.82) is 0 Å². The number of piperidine rings is 1. The minimum Gasteiger partial charge on any atom is -0.338 e. The minimum absolute atomic E-state index is 0.0539. The van der Waals surface area contributed by atoms with Crippen LogP contribution in [-0.4, -0.2) is 34.7 Å². The third-order valence-electron chi connectivity index (χ3n) is 5.16. The van der Waals surface area contributed by atoms with Gasteiger partial charge in [0.15, 0.2) is 5.78 Å². The van der Waals surface area contributed by atoms with Gasteiger partial charge < -0.3 is 9.88 Å². The van der Waals surface area contributed by atoms with Crippen molar-refractivity contribution in [1.82, 2.24) is 9.88 Å². The Bertz CT molecular complexity index is 994. The summed E-state index contributed by atoms with van der Waals surface area (Å²) in [6.07, 6.45) is -3.35. The highest BCUT2D eigenvalue weighted by molar-refractivity contribution is 5.99. The van der Waals surface area contributed by atoms with Crippen molar-refractivity contribution in [2.24, 2.45) is 5.92 Å². The Morgan fingerprint density at radius 3 is 2.38 bits per heavy atom. The first-order valence-electron chi connectivity index (χ1n) is 9.29. The van der Waals surface area contributed by atoms with E-state index in [2.05, 4.69) is 4.98 Å². The molecule has 154 valence electrons. The molecule has 0 saturated carbocycles. The van der Waals surface area contributed by atoms with Crippen LogP contribution in [0.5, 0.6) is 0 Å². The van der Waals surface area contributed by atoms with E-state index in [4.69, 9.17) is 0 Å². The summed E-state index contributed by atoms with van der Waals surface area (Å²) in [6, 6.07) is 5.81. The van der Waals surface area contributed by atoms with Gasteiger partial charge in [-0.3, -0.25) is 14.4 Å². The number of alkyl halides is 3. The molecule has 1 aromatic heterocycles. The van der Waals surface area contributed by atoms with Gasteiger partial charge in [0.1, 0.15) is 5.56 Å². The van der Waals surface area contributed by atoms with E-state index in [-0.39, 0.29) is 23.5 Å². The van der Waals surface area contributed by atoms with E-state index in [1.54, 1.807) is 19.9 Å². The lowest BCUT2D eigenvalue weighted by Gasteiger charge is -2.32. The van der Waals surface area contributed by atoms with E-state index in [1.807, 2.05) is 0 Å². The monoisotopic (exact) mass is 406 g/mol. The molecule has 1 fully saturated rings. The van der Waals surface area contributed by atoms with Gasteiger partial charge in [0.05, 0.1) is 5.56 Å². The van der Waals surface area contributed by atoms with Crippen molar-refractivity contribution in [2.45, 2.75) is 32.9 Å². The molecule has 1 saturated heterocycles. The van der Waals surface area contributed by atoms with E-state index in [0.717, 1.165) is 12.1 Å². The van der Waals surface area contributed by atoms with Crippen LogP contribution in [0.3, 0.4) is 0 Å². The fourth-order valence-corrected chi connectivity index (χ4v) is 3.71. The number of Topliss-reactive ketones (excluding diaryl/α,β-unsaturated/α-hetero) is 1. The Morgan fingerprint density at radius 2 is 1.79 bits per heavy atom. The third-order valence-corrected chi connectivity index (χ3v) is 5.16. The van der Waals surface area contributed by atoms with Gasteiger partial charge in [0.25, 0.3) is 11.5 Å². The minimum atomic E-state index is -4.46. The van der Waals surface area contributed by atoms with Crippen LogP contribution in [-0.2, 0) is 6.18 Å². The number of hydrogen-bond acceptors (Lipinski definition) is 3. The smallest absolute Gasteiger partial charge is 0.338 e. The molecule has 1 aliphatic heterocycles. The molecule has 2 heterocycles. The molecule has 1 aromatic carbocycles. The van der Waals surface area contributed by atoms with Gasteiger partial charge in [-0.25, -0.2) is 0 Å². The largest absolute Gasteiger partial charge is 0.416 e. The quantitative estimate of drug-likeness (QED) is 0.790. The van der Waals surface area contributed by atoms with Crippen LogP contribution in [0.25, 0.3) is 0 Å². The SMILES string of the molecule is Cc1cc(C)c(C(=O)N2CCC[C@H](C(=O)c3ccc(C(F)(F)F)cc3)C2)c(=O)[nH]1. The number of amides is 1. The van der Waals surface area contributed by atoms with Gasteiger partial charge in [0, 0.05) is 30.3 Å². The summed E-state index contributed by atoms with van der Waals surface area (Å²) in [5.74, 6) is -1.26. The van der Waals surface area contributed by atoms with Gasteiger partial charge >= 0.3 is 6.18 Å². The zero-order valence-corrected chi connectivity index (χ0v) is 16.1. The molecule has 29 heavy (non-hydrogen) atoms. The number of carbonyl (C=O) groups is 2. The number of carbonyl (C=O) groups excluding carboxylic acids is 2. The lowest BCUT2D eigenvalue weighted by atomic mass is 9.89. The predicted molar refractivity (Wildman–Crippen MR) is 101 cm³/mol. The molecule has 0 aliphatic carbocycles. The van der Waals surface area contributed by atoms with Gasteiger partial charge in [-0.05, 0) is 50.5 Å². The van der Waals surface area contributed by atoms with Crippen LogP contribution in [0, 0.1) is 19.8 Å². The molecule has 0 unspecified atom stereocenters. The number of halogens is 3. The molecule has 1 amide bonds. The van der Waals surface area contributed by atoms with Gasteiger partial charge in [-0.2, -0.15) is 13.2 Å². The van der Waals surface area contributed by atoms with E-state index in [0.29, 0.717) is 30.6 Å². The maximum Gasteiger partial charge on any atom is 0.416 e. The first-order chi connectivity index (χ1) is 13.6. The number of H-pyrrole nitrogens is 1. The summed E-state index contributed by atoms with van der Waals surface area (Å²) in [4.78, 5) is 42.0. The predicted octanol–water partition coefficient (Wildman–Crippen LogP) is 3.75. The second-order valence-corrected chi connectivity index (χ2v) is 7.37. The van der Waals surface area contributed by atoms with E-state index >= 15 is 0 Å². The molecule has 1 N–H and O–H groups in total. The Balaban J connectivity index is 1.78. The molecule has 1 aliphatic rings. The summed E-state index contributed by atoms with van der Waals surface area (Å²) in [6.45, 7) is 3.96. The molecule has 0 radical (unpaired) electrons. The summed E-state index contributed by atoms with van der Waals surface area (Å²) < 4.78 is 38.1. The van der Waals surface area contributed by atoms with E-state index < -0.39 is 29.1 Å². The number of likely N-dealkylation sites (tertiary alicyclic amines) is 1. The molecule has 0 spiro atoms. The highest BCUT2D eigenvalue weighted by Crippen LogP contribution is 2.30. The van der Waals surface area contributed by atoms with E-state index in [9.17, 15) is 27.6 Å². The summed E-state index contributed by atoms with van der Waals surface area (Å²) >= 11 is 0. The molecular formula is C21H21F3N2O3. The molecule has 3 rings (SSSR count). The fourth-order valence-electron chi connectivity index (χ4n) is 3.71. The first-order valence-corrected chi connectivity index (χ1v) is 9.29. The van der Waals surface area contributed by atoms with Crippen molar-refractivity contribution in [3.8, 4) is 0 Å². The van der Waals surface area contributed by atoms with Crippen LogP contribution in [0.4, 0.5) is 13.2 Å². The number of aryl methyl sites for hydroxylation is 2. The van der Waals surface area contributed by atoms with Crippen LogP contribution in [0.15, 0.2) is 35.1 Å². The molecule has 2 aromatic rings. The Labute approximate surface area is 165 Å². The molecule has 0 bridgehead atoms. The number of nitrogens with one attached hydrogen (secondary N) is 1. The van der Waals surface area contributed by atoms with Crippen molar-refractivity contribution in [3.05, 3.63) is 68.6 Å². The first kappa shape index (κ1) is 20.8. The molecule has 1 atom stereocenters. The van der Waals surface area contributed by atoms with Gasteiger partial charge in [-0.15, -0.1) is 0 Å². The van der Waals surface area contributed by atoms with Crippen LogP contribution < -0.4 is 5.56 Å². The van der Waals surface area contributed by atoms with Crippen LogP contribution in [0.2, 0.25) is 0 Å². The number of ketones is 1. The van der Waals surface area contributed by atoms with Crippen molar-refractivity contribution in [3.63, 3.8) is 0 Å². The Hall–Kier alpha value is -2.90. The zero-order chi connectivity index (χ0) is 21.3. The fraction of sp³-hybridized carbons (Fsp3) is 0.381. The molecular weight excluding hydrogens is 385 g/mol. The van der Waals surface area contributed by atoms with Crippen LogP contribution in [0.1, 0.15) is 50.4 Å². The number of hydrogen-bond donors (Lipinski definition) is 1. The number of pyridine rings is 1. The lowest BCUT2D eigenvalue weighted by molar-refractivity contribution is -0.137. The van der Waals surface area contributed by atoms with Crippen molar-refractivity contribution < 1.29 is 22.8 Å². The Kier molecular flexibility index (Phi) is 5.64. The Morgan fingerprint density at radius 1 is 1.14 bits per heavy atom. The summed E-state index contributed by atoms with van der Waals surface area (Å²) in [5, 5.41) is 0. The summed E-state index contributed by atoms with van der Waals surface area (Å²) in [5.41, 5.74) is 0.164. The van der Waals surface area contributed by atoms with Crippen molar-refractivity contribution >= 4 is 11.7 Å². The lowest BCUT2D eigenvalue weighted by Crippen LogP contribution is -2.44. The standard InChI is InChI=1S/C21H21F3N2O3/c1-12-10-13(2)25-19(28)17(12)20(29)26-9-3-4-15(11-26)18(27)14-5-7-16(8-6-14)21(22,23)24/h5-8,10,15H,3-4,9,11H2,1-2H3,(H,25,28)/t15-/m0/s1. The van der Waals surface area contributed by atoms with Gasteiger partial charge in [0.2, 0.25) is 0 Å². The van der Waals surface area contributed by atoms with Crippen molar-refractivity contribution in [2.75, 3.05) is 13.1 Å². The number of aromatic amines is 1. The highest BCUT2D eigenvalue weighted by Gasteiger charge is 2.33. The van der Waals surface area contributed by atoms with Crippen LogP contribution >= 0.6 is 0 Å². The number of rotatable bonds is 3. The topological polar surface area (TPSA) is 70.2 Å². The number of nitrogens with zero attached hydrogens (tertiary/aromatic N) is 1. The number of aromatic nitrogens is 1. The normalized spacial score (nSPS) is 17.3. The molecule has 5 nitrogen and oxygen atoms in total. The van der Waals surface area contributed by atoms with E-state index in [1.165, 1.54) is 17.0 Å².